The maximum atomic E-state index is 14.3. The van der Waals surface area contributed by atoms with Gasteiger partial charge in [-0.2, -0.15) is 4.68 Å². The molecule has 1 aliphatic heterocycles. The van der Waals surface area contributed by atoms with Gasteiger partial charge in [-0.05, 0) is 41.5 Å². The highest BCUT2D eigenvalue weighted by Crippen LogP contribution is 2.30. The third-order valence-corrected chi connectivity index (χ3v) is 5.16. The fourth-order valence-electron chi connectivity index (χ4n) is 3.50. The minimum atomic E-state index is -1.07. The second-order valence-electron chi connectivity index (χ2n) is 7.07. The predicted octanol–water partition coefficient (Wildman–Crippen LogP) is 2.19. The Morgan fingerprint density at radius 2 is 1.94 bits per heavy atom. The van der Waals surface area contributed by atoms with Gasteiger partial charge in [-0.1, -0.05) is 11.3 Å². The molecule has 10 nitrogen and oxygen atoms in total. The highest BCUT2D eigenvalue weighted by atomic mass is 19.2. The van der Waals surface area contributed by atoms with Crippen molar-refractivity contribution in [3.63, 3.8) is 0 Å². The van der Waals surface area contributed by atoms with Crippen LogP contribution >= 0.6 is 0 Å². The average Bonchev–Trinajstić information content (AvgIpc) is 3.47. The Morgan fingerprint density at radius 3 is 2.77 bits per heavy atom. The minimum absolute atomic E-state index is 0.119. The van der Waals surface area contributed by atoms with Gasteiger partial charge in [-0.15, -0.1) is 10.2 Å². The summed E-state index contributed by atoms with van der Waals surface area (Å²) < 4.78 is 36.3. The molecule has 0 saturated carbocycles. The van der Waals surface area contributed by atoms with Crippen molar-refractivity contribution in [1.29, 1.82) is 0 Å². The molecule has 158 valence electrons. The van der Waals surface area contributed by atoms with Crippen molar-refractivity contribution in [2.24, 2.45) is 0 Å². The van der Waals surface area contributed by atoms with E-state index in [0.717, 1.165) is 23.6 Å². The highest BCUT2D eigenvalue weighted by molar-refractivity contribution is 5.75. The quantitative estimate of drug-likeness (QED) is 0.528. The molecule has 1 saturated heterocycles. The maximum Gasteiger partial charge on any atom is 0.190 e. The van der Waals surface area contributed by atoms with E-state index in [4.69, 9.17) is 10.5 Å². The number of pyridine rings is 1. The average molecular weight is 425 g/mol. The lowest BCUT2D eigenvalue weighted by molar-refractivity contribution is 0.0657. The van der Waals surface area contributed by atoms with E-state index in [9.17, 15) is 8.78 Å². The SMILES string of the molecule is Nc1ncc(-c2cn(C3CCOCC3)nn2)cc1-c1nnnn1-c1cccc(F)c1F. The van der Waals surface area contributed by atoms with Crippen molar-refractivity contribution in [3.8, 4) is 28.3 Å². The third-order valence-electron chi connectivity index (χ3n) is 5.16. The second-order valence-corrected chi connectivity index (χ2v) is 7.07. The molecule has 31 heavy (non-hydrogen) atoms. The molecule has 0 spiro atoms. The number of nitrogen functional groups attached to an aromatic ring is 1. The molecule has 0 aliphatic carbocycles. The van der Waals surface area contributed by atoms with Crippen LogP contribution in [0.3, 0.4) is 0 Å². The largest absolute Gasteiger partial charge is 0.383 e. The van der Waals surface area contributed by atoms with Gasteiger partial charge >= 0.3 is 0 Å². The first-order valence-corrected chi connectivity index (χ1v) is 9.60. The highest BCUT2D eigenvalue weighted by Gasteiger charge is 2.21. The van der Waals surface area contributed by atoms with Crippen LogP contribution in [-0.4, -0.2) is 53.4 Å². The van der Waals surface area contributed by atoms with Crippen LogP contribution in [-0.2, 0) is 4.74 Å². The zero-order valence-corrected chi connectivity index (χ0v) is 16.2. The molecular formula is C19H17F2N9O. The van der Waals surface area contributed by atoms with Crippen LogP contribution in [0.4, 0.5) is 14.6 Å². The Labute approximate surface area is 174 Å². The van der Waals surface area contributed by atoms with Crippen molar-refractivity contribution in [2.75, 3.05) is 18.9 Å². The lowest BCUT2D eigenvalue weighted by atomic mass is 10.1. The maximum absolute atomic E-state index is 14.3. The summed E-state index contributed by atoms with van der Waals surface area (Å²) >= 11 is 0. The van der Waals surface area contributed by atoms with Crippen LogP contribution in [0.15, 0.2) is 36.7 Å². The fourth-order valence-corrected chi connectivity index (χ4v) is 3.50. The van der Waals surface area contributed by atoms with E-state index in [1.807, 2.05) is 10.9 Å². The number of aromatic nitrogens is 8. The number of hydrogen-bond donors (Lipinski definition) is 1. The van der Waals surface area contributed by atoms with E-state index in [1.54, 1.807) is 12.3 Å². The van der Waals surface area contributed by atoms with Gasteiger partial charge < -0.3 is 10.5 Å². The van der Waals surface area contributed by atoms with Gasteiger partial charge in [0.2, 0.25) is 0 Å². The zero-order valence-electron chi connectivity index (χ0n) is 16.2. The van der Waals surface area contributed by atoms with Gasteiger partial charge in [0.25, 0.3) is 0 Å². The van der Waals surface area contributed by atoms with Crippen LogP contribution in [0.2, 0.25) is 0 Å². The molecule has 0 atom stereocenters. The topological polar surface area (TPSA) is 122 Å². The monoisotopic (exact) mass is 425 g/mol. The summed E-state index contributed by atoms with van der Waals surface area (Å²) in [6.45, 7) is 1.37. The third kappa shape index (κ3) is 3.50. The Kier molecular flexibility index (Phi) is 4.82. The summed E-state index contributed by atoms with van der Waals surface area (Å²) in [6, 6.07) is 5.66. The normalized spacial score (nSPS) is 14.8. The van der Waals surface area contributed by atoms with Crippen molar-refractivity contribution in [3.05, 3.63) is 48.3 Å². The molecular weight excluding hydrogens is 408 g/mol. The van der Waals surface area contributed by atoms with Gasteiger partial charge in [0.1, 0.15) is 17.2 Å². The summed E-state index contributed by atoms with van der Waals surface area (Å²) in [4.78, 5) is 4.21. The van der Waals surface area contributed by atoms with Gasteiger partial charge in [-0.25, -0.2) is 18.4 Å². The first-order chi connectivity index (χ1) is 15.1. The molecule has 0 radical (unpaired) electrons. The first-order valence-electron chi connectivity index (χ1n) is 9.60. The molecule has 1 fully saturated rings. The number of nitrogens with two attached hydrogens (primary N) is 1. The Balaban J connectivity index is 1.53. The Morgan fingerprint density at radius 1 is 1.10 bits per heavy atom. The Hall–Kier alpha value is -3.80. The molecule has 12 heteroatoms. The van der Waals surface area contributed by atoms with Gasteiger partial charge in [-0.3, -0.25) is 0 Å². The zero-order chi connectivity index (χ0) is 21.4. The van der Waals surface area contributed by atoms with Crippen molar-refractivity contribution in [1.82, 2.24) is 40.2 Å². The summed E-state index contributed by atoms with van der Waals surface area (Å²) in [7, 11) is 0. The van der Waals surface area contributed by atoms with Crippen LogP contribution in [0.1, 0.15) is 18.9 Å². The molecule has 2 N–H and O–H groups in total. The molecule has 3 aromatic heterocycles. The van der Waals surface area contributed by atoms with E-state index in [-0.39, 0.29) is 23.4 Å². The summed E-state index contributed by atoms with van der Waals surface area (Å²) in [5, 5.41) is 19.8. The van der Waals surface area contributed by atoms with Crippen LogP contribution in [0, 0.1) is 11.6 Å². The van der Waals surface area contributed by atoms with Gasteiger partial charge in [0.15, 0.2) is 17.5 Å². The number of benzene rings is 1. The van der Waals surface area contributed by atoms with E-state index in [2.05, 4.69) is 30.8 Å². The van der Waals surface area contributed by atoms with E-state index in [0.29, 0.717) is 30.0 Å². The van der Waals surface area contributed by atoms with Crippen molar-refractivity contribution in [2.45, 2.75) is 18.9 Å². The van der Waals surface area contributed by atoms with E-state index < -0.39 is 11.6 Å². The second kappa shape index (κ2) is 7.80. The van der Waals surface area contributed by atoms with Crippen LogP contribution < -0.4 is 5.73 Å². The number of halogens is 2. The lowest BCUT2D eigenvalue weighted by Gasteiger charge is -2.21. The first kappa shape index (κ1) is 19.2. The van der Waals surface area contributed by atoms with Gasteiger partial charge in [0, 0.05) is 25.0 Å². The molecule has 0 bridgehead atoms. The number of anilines is 1. The van der Waals surface area contributed by atoms with Crippen molar-refractivity contribution >= 4 is 5.82 Å². The molecule has 0 unspecified atom stereocenters. The Bertz CT molecular complexity index is 1230. The molecule has 1 aliphatic rings. The number of nitrogens with zero attached hydrogens (tertiary/aromatic N) is 8. The molecule has 0 amide bonds. The molecule has 1 aromatic carbocycles. The number of ether oxygens (including phenoxy) is 1. The van der Waals surface area contributed by atoms with Crippen LogP contribution in [0.5, 0.6) is 0 Å². The number of rotatable bonds is 4. The van der Waals surface area contributed by atoms with Gasteiger partial charge in [0.05, 0.1) is 17.8 Å². The van der Waals surface area contributed by atoms with Crippen molar-refractivity contribution < 1.29 is 13.5 Å². The summed E-state index contributed by atoms with van der Waals surface area (Å²) in [5.74, 6) is -1.83. The predicted molar refractivity (Wildman–Crippen MR) is 105 cm³/mol. The molecule has 4 heterocycles. The molecule has 5 rings (SSSR count). The molecule has 4 aromatic rings. The van der Waals surface area contributed by atoms with Crippen LogP contribution in [0.25, 0.3) is 28.3 Å². The minimum Gasteiger partial charge on any atom is -0.383 e. The summed E-state index contributed by atoms with van der Waals surface area (Å²) in [6.07, 6.45) is 5.13. The smallest absolute Gasteiger partial charge is 0.190 e. The summed E-state index contributed by atoms with van der Waals surface area (Å²) in [5.41, 5.74) is 7.49. The fraction of sp³-hybridized carbons (Fsp3) is 0.263. The number of hydrogen-bond acceptors (Lipinski definition) is 8. The standard InChI is InChI=1S/C19H17F2N9O/c20-14-2-1-3-16(17(14)21)30-19(25-26-28-30)13-8-11(9-23-18(13)22)15-10-29(27-24-15)12-4-6-31-7-5-12/h1-3,8-10,12H,4-7H2,(H2,22,23). The number of tetrazole rings is 1. The van der Waals surface area contributed by atoms with E-state index in [1.165, 1.54) is 12.1 Å². The lowest BCUT2D eigenvalue weighted by Crippen LogP contribution is -2.19. The van der Waals surface area contributed by atoms with E-state index >= 15 is 0 Å².